The van der Waals surface area contributed by atoms with Gasteiger partial charge in [-0.15, -0.1) is 0 Å². The maximum Gasteiger partial charge on any atom is 0.524 e. The van der Waals surface area contributed by atoms with Gasteiger partial charge in [-0.25, -0.2) is 4.57 Å². The summed E-state index contributed by atoms with van der Waals surface area (Å²) < 4.78 is 15.3. The minimum atomic E-state index is -4.46. The number of benzene rings is 1. The Morgan fingerprint density at radius 2 is 1.93 bits per heavy atom. The molecular formula is C10H15O4P. The lowest BCUT2D eigenvalue weighted by molar-refractivity contribution is 0.282. The first-order valence-corrected chi connectivity index (χ1v) is 6.24. The molecule has 0 bridgehead atoms. The van der Waals surface area contributed by atoms with E-state index in [9.17, 15) is 4.57 Å². The standard InChI is InChI=1S/C10H15O4P/c1-8(2)7-9-5-3-4-6-10(9)14-15(11,12)13/h3-6,8H,7H2,1-2H3,(H2,11,12,13). The molecule has 0 atom stereocenters. The average molecular weight is 230 g/mol. The van der Waals surface area contributed by atoms with E-state index >= 15 is 0 Å². The summed E-state index contributed by atoms with van der Waals surface area (Å²) >= 11 is 0. The van der Waals surface area contributed by atoms with Gasteiger partial charge in [0.1, 0.15) is 5.75 Å². The van der Waals surface area contributed by atoms with Crippen molar-refractivity contribution in [2.24, 2.45) is 5.92 Å². The highest BCUT2D eigenvalue weighted by Gasteiger charge is 2.18. The van der Waals surface area contributed by atoms with Crippen LogP contribution in [-0.2, 0) is 11.0 Å². The Kier molecular flexibility index (Phi) is 3.91. The van der Waals surface area contributed by atoms with E-state index in [1.54, 1.807) is 12.1 Å². The Balaban J connectivity index is 2.91. The van der Waals surface area contributed by atoms with Crippen LogP contribution in [0.1, 0.15) is 19.4 Å². The molecule has 1 aromatic rings. The highest BCUT2D eigenvalue weighted by atomic mass is 31.2. The van der Waals surface area contributed by atoms with Crippen LogP contribution in [0.25, 0.3) is 0 Å². The highest BCUT2D eigenvalue weighted by Crippen LogP contribution is 2.39. The molecule has 0 aliphatic rings. The van der Waals surface area contributed by atoms with Gasteiger partial charge in [0, 0.05) is 0 Å². The van der Waals surface area contributed by atoms with Gasteiger partial charge in [-0.2, -0.15) is 0 Å². The molecule has 0 saturated carbocycles. The normalized spacial score (nSPS) is 11.8. The zero-order valence-corrected chi connectivity index (χ0v) is 9.65. The van der Waals surface area contributed by atoms with E-state index in [2.05, 4.69) is 4.52 Å². The summed E-state index contributed by atoms with van der Waals surface area (Å²) in [6.45, 7) is 4.07. The summed E-state index contributed by atoms with van der Waals surface area (Å²) in [5, 5.41) is 0. The largest absolute Gasteiger partial charge is 0.524 e. The fourth-order valence-corrected chi connectivity index (χ4v) is 1.76. The summed E-state index contributed by atoms with van der Waals surface area (Å²) in [6.07, 6.45) is 0.732. The smallest absolute Gasteiger partial charge is 0.404 e. The summed E-state index contributed by atoms with van der Waals surface area (Å²) in [5.74, 6) is 0.672. The lowest BCUT2D eigenvalue weighted by Crippen LogP contribution is -1.99. The fourth-order valence-electron chi connectivity index (χ4n) is 1.33. The van der Waals surface area contributed by atoms with Gasteiger partial charge in [0.25, 0.3) is 0 Å². The minimum absolute atomic E-state index is 0.263. The summed E-state index contributed by atoms with van der Waals surface area (Å²) in [6, 6.07) is 6.89. The average Bonchev–Trinajstić information content (AvgIpc) is 2.05. The van der Waals surface area contributed by atoms with Crippen molar-refractivity contribution in [3.8, 4) is 5.75 Å². The van der Waals surface area contributed by atoms with Crippen molar-refractivity contribution >= 4 is 7.82 Å². The van der Waals surface area contributed by atoms with E-state index in [4.69, 9.17) is 9.79 Å². The van der Waals surface area contributed by atoms with Gasteiger partial charge in [0.05, 0.1) is 0 Å². The number of para-hydroxylation sites is 1. The number of hydrogen-bond acceptors (Lipinski definition) is 2. The van der Waals surface area contributed by atoms with Gasteiger partial charge in [0.2, 0.25) is 0 Å². The van der Waals surface area contributed by atoms with Crippen LogP contribution in [0.15, 0.2) is 24.3 Å². The molecule has 0 fully saturated rings. The van der Waals surface area contributed by atoms with E-state index in [-0.39, 0.29) is 5.75 Å². The molecule has 0 aliphatic heterocycles. The predicted octanol–water partition coefficient (Wildman–Crippen LogP) is 2.36. The first-order valence-electron chi connectivity index (χ1n) is 4.71. The van der Waals surface area contributed by atoms with Crippen molar-refractivity contribution in [3.05, 3.63) is 29.8 Å². The molecule has 0 amide bonds. The predicted molar refractivity (Wildman–Crippen MR) is 57.7 cm³/mol. The molecular weight excluding hydrogens is 215 g/mol. The maximum atomic E-state index is 10.7. The molecule has 0 aromatic heterocycles. The van der Waals surface area contributed by atoms with Crippen LogP contribution in [-0.4, -0.2) is 9.79 Å². The van der Waals surface area contributed by atoms with Crippen LogP contribution < -0.4 is 4.52 Å². The number of phosphoric acid groups is 1. The highest BCUT2D eigenvalue weighted by molar-refractivity contribution is 7.46. The van der Waals surface area contributed by atoms with E-state index in [1.807, 2.05) is 26.0 Å². The van der Waals surface area contributed by atoms with E-state index in [0.29, 0.717) is 5.92 Å². The molecule has 2 N–H and O–H groups in total. The Bertz CT molecular complexity index is 369. The van der Waals surface area contributed by atoms with E-state index in [0.717, 1.165) is 12.0 Å². The third-order valence-electron chi connectivity index (χ3n) is 1.82. The summed E-state index contributed by atoms with van der Waals surface area (Å²) in [4.78, 5) is 17.4. The van der Waals surface area contributed by atoms with E-state index in [1.165, 1.54) is 0 Å². The third kappa shape index (κ3) is 4.47. The second kappa shape index (κ2) is 4.79. The van der Waals surface area contributed by atoms with Gasteiger partial charge in [-0.1, -0.05) is 32.0 Å². The monoisotopic (exact) mass is 230 g/mol. The molecule has 0 spiro atoms. The minimum Gasteiger partial charge on any atom is -0.404 e. The summed E-state index contributed by atoms with van der Waals surface area (Å²) in [7, 11) is -4.46. The van der Waals surface area contributed by atoms with Crippen molar-refractivity contribution in [2.45, 2.75) is 20.3 Å². The van der Waals surface area contributed by atoms with Gasteiger partial charge in [0.15, 0.2) is 0 Å². The van der Waals surface area contributed by atoms with Crippen LogP contribution in [0, 0.1) is 5.92 Å². The van der Waals surface area contributed by atoms with Crippen molar-refractivity contribution in [1.29, 1.82) is 0 Å². The van der Waals surface area contributed by atoms with Gasteiger partial charge in [-0.3, -0.25) is 9.79 Å². The molecule has 5 heteroatoms. The van der Waals surface area contributed by atoms with Crippen molar-refractivity contribution in [3.63, 3.8) is 0 Å². The summed E-state index contributed by atoms with van der Waals surface area (Å²) in [5.41, 5.74) is 0.816. The Labute approximate surface area is 89.1 Å². The van der Waals surface area contributed by atoms with Gasteiger partial charge in [-0.05, 0) is 24.0 Å². The Hall–Kier alpha value is -0.830. The molecule has 0 unspecified atom stereocenters. The molecule has 0 radical (unpaired) electrons. The number of rotatable bonds is 4. The van der Waals surface area contributed by atoms with Crippen LogP contribution in [0.4, 0.5) is 0 Å². The van der Waals surface area contributed by atoms with E-state index < -0.39 is 7.82 Å². The molecule has 1 rings (SSSR count). The second-order valence-corrected chi connectivity index (χ2v) is 4.95. The lowest BCUT2D eigenvalue weighted by Gasteiger charge is -2.12. The zero-order chi connectivity index (χ0) is 11.5. The third-order valence-corrected chi connectivity index (χ3v) is 2.25. The van der Waals surface area contributed by atoms with Gasteiger partial charge >= 0.3 is 7.82 Å². The SMILES string of the molecule is CC(C)Cc1ccccc1OP(=O)(O)O. The Morgan fingerprint density at radius 1 is 1.33 bits per heavy atom. The lowest BCUT2D eigenvalue weighted by atomic mass is 10.0. The number of hydrogen-bond donors (Lipinski definition) is 2. The molecule has 0 aliphatic carbocycles. The van der Waals surface area contributed by atoms with Crippen LogP contribution in [0.5, 0.6) is 5.75 Å². The van der Waals surface area contributed by atoms with Crippen LogP contribution in [0.2, 0.25) is 0 Å². The van der Waals surface area contributed by atoms with Crippen LogP contribution in [0.3, 0.4) is 0 Å². The van der Waals surface area contributed by atoms with Gasteiger partial charge < -0.3 is 4.52 Å². The molecule has 4 nitrogen and oxygen atoms in total. The molecule has 1 aromatic carbocycles. The first kappa shape index (κ1) is 12.2. The first-order chi connectivity index (χ1) is 6.88. The second-order valence-electron chi connectivity index (χ2n) is 3.79. The molecule has 0 saturated heterocycles. The topological polar surface area (TPSA) is 66.8 Å². The number of phosphoric ester groups is 1. The zero-order valence-electron chi connectivity index (χ0n) is 8.75. The molecule has 15 heavy (non-hydrogen) atoms. The Morgan fingerprint density at radius 3 is 2.47 bits per heavy atom. The van der Waals surface area contributed by atoms with Crippen molar-refractivity contribution in [1.82, 2.24) is 0 Å². The fraction of sp³-hybridized carbons (Fsp3) is 0.400. The van der Waals surface area contributed by atoms with Crippen LogP contribution >= 0.6 is 7.82 Å². The molecule has 84 valence electrons. The van der Waals surface area contributed by atoms with Crippen molar-refractivity contribution < 1.29 is 18.9 Å². The maximum absolute atomic E-state index is 10.7. The quantitative estimate of drug-likeness (QED) is 0.779. The molecule has 0 heterocycles. The van der Waals surface area contributed by atoms with Crippen molar-refractivity contribution in [2.75, 3.05) is 0 Å².